The first-order valence-corrected chi connectivity index (χ1v) is 13.9. The fourth-order valence-corrected chi connectivity index (χ4v) is 4.36. The zero-order valence-corrected chi connectivity index (χ0v) is 22.0. The first kappa shape index (κ1) is 26.1. The molecule has 1 atom stereocenters. The Morgan fingerprint density at radius 1 is 0.973 bits per heavy atom. The van der Waals surface area contributed by atoms with Crippen molar-refractivity contribution in [3.05, 3.63) is 78.6 Å². The van der Waals surface area contributed by atoms with Crippen molar-refractivity contribution < 1.29 is 17.9 Å². The summed E-state index contributed by atoms with van der Waals surface area (Å²) in [5.41, 5.74) is 3.54. The standard InChI is InChI=1S/C28H30N4O4S/c1-18(2)31-28(33)32-26-11-10-24(17-30-26)36-23-9-5-7-21(16-23)25-15-20(13-19(3)37(4,34)35)14-22-8-6-12-29-27(22)25/h5-12,14-19H,13H2,1-4H3,(H2,30,31,32,33). The second-order valence-electron chi connectivity index (χ2n) is 9.32. The van der Waals surface area contributed by atoms with E-state index < -0.39 is 15.1 Å². The number of carbonyl (C=O) groups excluding carboxylic acids is 1. The number of urea groups is 1. The highest BCUT2D eigenvalue weighted by Gasteiger charge is 2.17. The Morgan fingerprint density at radius 2 is 1.78 bits per heavy atom. The molecule has 0 fully saturated rings. The summed E-state index contributed by atoms with van der Waals surface area (Å²) in [6.07, 6.45) is 4.96. The van der Waals surface area contributed by atoms with E-state index in [0.717, 1.165) is 27.6 Å². The Morgan fingerprint density at radius 3 is 2.49 bits per heavy atom. The van der Waals surface area contributed by atoms with Crippen molar-refractivity contribution in [2.75, 3.05) is 11.6 Å². The summed E-state index contributed by atoms with van der Waals surface area (Å²) in [5.74, 6) is 1.54. The van der Waals surface area contributed by atoms with Crippen molar-refractivity contribution >= 4 is 32.6 Å². The Labute approximate surface area is 217 Å². The molecule has 0 saturated heterocycles. The number of pyridine rings is 2. The lowest BCUT2D eigenvalue weighted by Crippen LogP contribution is -2.34. The number of benzene rings is 2. The number of nitrogens with zero attached hydrogens (tertiary/aromatic N) is 2. The lowest BCUT2D eigenvalue weighted by atomic mass is 9.97. The monoisotopic (exact) mass is 518 g/mol. The molecule has 4 aromatic rings. The SMILES string of the molecule is CC(C)NC(=O)Nc1ccc(Oc2cccc(-c3cc(CC(C)S(C)(=O)=O)cc4cccnc34)c2)cn1. The lowest BCUT2D eigenvalue weighted by Gasteiger charge is -2.14. The van der Waals surface area contributed by atoms with Gasteiger partial charge in [0.25, 0.3) is 0 Å². The van der Waals surface area contributed by atoms with Crippen LogP contribution in [0.25, 0.3) is 22.0 Å². The number of aromatic nitrogens is 2. The molecule has 37 heavy (non-hydrogen) atoms. The van der Waals surface area contributed by atoms with Crippen molar-refractivity contribution in [3.8, 4) is 22.6 Å². The molecule has 8 nitrogen and oxygen atoms in total. The summed E-state index contributed by atoms with van der Waals surface area (Å²) in [4.78, 5) is 20.7. The van der Waals surface area contributed by atoms with Crippen molar-refractivity contribution in [3.63, 3.8) is 0 Å². The molecule has 0 aliphatic heterocycles. The summed E-state index contributed by atoms with van der Waals surface area (Å²) in [5, 5.41) is 5.87. The van der Waals surface area contributed by atoms with Crippen LogP contribution in [-0.4, -0.2) is 42.0 Å². The molecular formula is C28H30N4O4S. The average molecular weight is 519 g/mol. The molecule has 2 aromatic carbocycles. The summed E-state index contributed by atoms with van der Waals surface area (Å²) < 4.78 is 30.1. The zero-order valence-electron chi connectivity index (χ0n) is 21.2. The third-order valence-corrected chi connectivity index (χ3v) is 7.43. The number of carbonyl (C=O) groups is 1. The molecule has 0 spiro atoms. The highest BCUT2D eigenvalue weighted by atomic mass is 32.2. The van der Waals surface area contributed by atoms with Crippen LogP contribution in [-0.2, 0) is 16.3 Å². The van der Waals surface area contributed by atoms with Gasteiger partial charge in [0.15, 0.2) is 0 Å². The normalized spacial score (nSPS) is 12.4. The number of anilines is 1. The van der Waals surface area contributed by atoms with E-state index >= 15 is 0 Å². The largest absolute Gasteiger partial charge is 0.456 e. The van der Waals surface area contributed by atoms with E-state index in [-0.39, 0.29) is 12.1 Å². The van der Waals surface area contributed by atoms with Gasteiger partial charge in [-0.05, 0) is 80.8 Å². The van der Waals surface area contributed by atoms with Crippen LogP contribution < -0.4 is 15.4 Å². The Bertz CT molecular complexity index is 1520. The molecule has 192 valence electrons. The van der Waals surface area contributed by atoms with Gasteiger partial charge in [0.05, 0.1) is 17.0 Å². The molecule has 0 saturated carbocycles. The summed E-state index contributed by atoms with van der Waals surface area (Å²) in [7, 11) is -3.16. The smallest absolute Gasteiger partial charge is 0.320 e. The van der Waals surface area contributed by atoms with Crippen molar-refractivity contribution in [2.24, 2.45) is 0 Å². The van der Waals surface area contributed by atoms with Gasteiger partial charge in [0.1, 0.15) is 27.2 Å². The molecular weight excluding hydrogens is 488 g/mol. The maximum Gasteiger partial charge on any atom is 0.320 e. The third-order valence-electron chi connectivity index (χ3n) is 5.80. The van der Waals surface area contributed by atoms with Crippen LogP contribution in [0.1, 0.15) is 26.3 Å². The van der Waals surface area contributed by atoms with Crippen molar-refractivity contribution in [1.82, 2.24) is 15.3 Å². The number of hydrogen-bond donors (Lipinski definition) is 2. The van der Waals surface area contributed by atoms with Crippen molar-refractivity contribution in [2.45, 2.75) is 38.5 Å². The third kappa shape index (κ3) is 6.83. The number of hydrogen-bond acceptors (Lipinski definition) is 6. The van der Waals surface area contributed by atoms with Gasteiger partial charge >= 0.3 is 6.03 Å². The fraction of sp³-hybridized carbons (Fsp3) is 0.250. The van der Waals surface area contributed by atoms with Gasteiger partial charge in [0.2, 0.25) is 0 Å². The minimum absolute atomic E-state index is 0.0194. The number of nitrogens with one attached hydrogen (secondary N) is 2. The molecule has 1 unspecified atom stereocenters. The van der Waals surface area contributed by atoms with E-state index in [1.165, 1.54) is 6.26 Å². The molecule has 4 rings (SSSR count). The van der Waals surface area contributed by atoms with Crippen LogP contribution in [0, 0.1) is 0 Å². The lowest BCUT2D eigenvalue weighted by molar-refractivity contribution is 0.250. The Hall–Kier alpha value is -3.98. The van der Waals surface area contributed by atoms with E-state index in [2.05, 4.69) is 20.6 Å². The Balaban J connectivity index is 1.59. The molecule has 9 heteroatoms. The van der Waals surface area contributed by atoms with Gasteiger partial charge in [-0.1, -0.05) is 18.2 Å². The van der Waals surface area contributed by atoms with Gasteiger partial charge in [-0.25, -0.2) is 18.2 Å². The van der Waals surface area contributed by atoms with Gasteiger partial charge in [-0.15, -0.1) is 0 Å². The highest BCUT2D eigenvalue weighted by Crippen LogP contribution is 2.33. The fourth-order valence-electron chi connectivity index (χ4n) is 3.87. The minimum Gasteiger partial charge on any atom is -0.456 e. The molecule has 0 aliphatic carbocycles. The van der Waals surface area contributed by atoms with Crippen LogP contribution in [0.4, 0.5) is 10.6 Å². The molecule has 2 aromatic heterocycles. The molecule has 0 radical (unpaired) electrons. The summed E-state index contributed by atoms with van der Waals surface area (Å²) in [6, 6.07) is 18.6. The van der Waals surface area contributed by atoms with E-state index in [9.17, 15) is 13.2 Å². The highest BCUT2D eigenvalue weighted by molar-refractivity contribution is 7.91. The minimum atomic E-state index is -3.16. The predicted octanol–water partition coefficient (Wildman–Crippen LogP) is 5.59. The van der Waals surface area contributed by atoms with E-state index in [0.29, 0.717) is 23.7 Å². The van der Waals surface area contributed by atoms with E-state index in [4.69, 9.17) is 4.74 Å². The van der Waals surface area contributed by atoms with Gasteiger partial charge in [-0.2, -0.15) is 0 Å². The number of sulfone groups is 1. The van der Waals surface area contributed by atoms with Gasteiger partial charge in [0, 0.05) is 29.4 Å². The van der Waals surface area contributed by atoms with Gasteiger partial charge in [-0.3, -0.25) is 10.3 Å². The molecule has 2 N–H and O–H groups in total. The maximum atomic E-state index is 12.0. The molecule has 2 amide bonds. The first-order valence-electron chi connectivity index (χ1n) is 12.0. The van der Waals surface area contributed by atoms with Crippen LogP contribution in [0.2, 0.25) is 0 Å². The van der Waals surface area contributed by atoms with Crippen LogP contribution in [0.5, 0.6) is 11.5 Å². The zero-order chi connectivity index (χ0) is 26.6. The topological polar surface area (TPSA) is 110 Å². The predicted molar refractivity (Wildman–Crippen MR) is 147 cm³/mol. The van der Waals surface area contributed by atoms with Crippen LogP contribution in [0.15, 0.2) is 73.1 Å². The number of amides is 2. The molecule has 0 aliphatic rings. The van der Waals surface area contributed by atoms with Gasteiger partial charge < -0.3 is 10.1 Å². The summed E-state index contributed by atoms with van der Waals surface area (Å²) >= 11 is 0. The average Bonchev–Trinajstić information content (AvgIpc) is 2.84. The second kappa shape index (κ2) is 11.0. The Kier molecular flexibility index (Phi) is 7.73. The maximum absolute atomic E-state index is 12.0. The summed E-state index contributed by atoms with van der Waals surface area (Å²) in [6.45, 7) is 5.48. The van der Waals surface area contributed by atoms with Crippen molar-refractivity contribution in [1.29, 1.82) is 0 Å². The number of fused-ring (bicyclic) bond motifs is 1. The van der Waals surface area contributed by atoms with E-state index in [1.54, 1.807) is 31.5 Å². The first-order chi connectivity index (χ1) is 17.6. The molecule has 0 bridgehead atoms. The van der Waals surface area contributed by atoms with Crippen LogP contribution in [0.3, 0.4) is 0 Å². The molecule has 2 heterocycles. The quantitative estimate of drug-likeness (QED) is 0.314. The van der Waals surface area contributed by atoms with Crippen LogP contribution >= 0.6 is 0 Å². The van der Waals surface area contributed by atoms with E-state index in [1.807, 2.05) is 62.4 Å². The number of rotatable bonds is 8. The second-order valence-corrected chi connectivity index (χ2v) is 11.8. The number of ether oxygens (including phenoxy) is 1.